The number of halogens is 2. The van der Waals surface area contributed by atoms with Gasteiger partial charge in [0.25, 0.3) is 0 Å². The van der Waals surface area contributed by atoms with Gasteiger partial charge in [-0.1, -0.05) is 27.5 Å². The molecule has 1 aromatic carbocycles. The van der Waals surface area contributed by atoms with Crippen LogP contribution in [0.15, 0.2) is 34.1 Å². The van der Waals surface area contributed by atoms with Crippen LogP contribution >= 0.6 is 50.2 Å². The molecule has 146 valence electrons. The first-order valence-electron chi connectivity index (χ1n) is 8.58. The van der Waals surface area contributed by atoms with Gasteiger partial charge in [-0.15, -0.1) is 22.7 Å². The molecule has 2 aromatic heterocycles. The van der Waals surface area contributed by atoms with E-state index in [2.05, 4.69) is 26.2 Å². The first-order valence-corrected chi connectivity index (χ1v) is 11.4. The Morgan fingerprint density at radius 1 is 1.32 bits per heavy atom. The van der Waals surface area contributed by atoms with Crippen LogP contribution in [0.5, 0.6) is 11.5 Å². The predicted octanol–water partition coefficient (Wildman–Crippen LogP) is 5.48. The van der Waals surface area contributed by atoms with Crippen LogP contribution in [0.2, 0.25) is 4.34 Å². The first kappa shape index (κ1) is 19.7. The third-order valence-corrected chi connectivity index (χ3v) is 7.16. The fraction of sp³-hybridized carbons (Fsp3) is 0.263. The molecule has 5 nitrogen and oxygen atoms in total. The smallest absolute Gasteiger partial charge is 0.226 e. The molecule has 3 heterocycles. The van der Waals surface area contributed by atoms with Crippen molar-refractivity contribution in [2.24, 2.45) is 0 Å². The van der Waals surface area contributed by atoms with Gasteiger partial charge >= 0.3 is 0 Å². The Kier molecular flexibility index (Phi) is 5.91. The Hall–Kier alpha value is -1.61. The van der Waals surface area contributed by atoms with E-state index >= 15 is 0 Å². The molecule has 0 saturated heterocycles. The maximum atomic E-state index is 12.5. The highest BCUT2D eigenvalue weighted by molar-refractivity contribution is 9.10. The number of hydrogen-bond acceptors (Lipinski definition) is 6. The molecule has 1 N–H and O–H groups in total. The van der Waals surface area contributed by atoms with Crippen molar-refractivity contribution in [2.45, 2.75) is 19.4 Å². The number of fused-ring (bicyclic) bond motifs is 1. The summed E-state index contributed by atoms with van der Waals surface area (Å²) < 4.78 is 12.8. The summed E-state index contributed by atoms with van der Waals surface area (Å²) in [5.41, 5.74) is 1.68. The van der Waals surface area contributed by atoms with Crippen molar-refractivity contribution >= 4 is 56.1 Å². The molecule has 1 aliphatic rings. The Labute approximate surface area is 183 Å². The summed E-state index contributed by atoms with van der Waals surface area (Å²) in [4.78, 5) is 18.1. The zero-order chi connectivity index (χ0) is 19.7. The molecule has 0 fully saturated rings. The summed E-state index contributed by atoms with van der Waals surface area (Å²) in [5.74, 6) is 1.32. The summed E-state index contributed by atoms with van der Waals surface area (Å²) in [5, 5.41) is 5.81. The molecular weight excluding hydrogens is 484 g/mol. The summed E-state index contributed by atoms with van der Waals surface area (Å²) in [6.07, 6.45) is 0.224. The molecule has 0 radical (unpaired) electrons. The molecule has 1 amide bonds. The second-order valence-corrected chi connectivity index (χ2v) is 9.66. The highest BCUT2D eigenvalue weighted by Gasteiger charge is 2.20. The molecule has 1 unspecified atom stereocenters. The number of aromatic nitrogens is 1. The van der Waals surface area contributed by atoms with E-state index in [-0.39, 0.29) is 18.4 Å². The number of carbonyl (C=O) groups is 1. The van der Waals surface area contributed by atoms with Gasteiger partial charge < -0.3 is 14.8 Å². The lowest BCUT2D eigenvalue weighted by atomic mass is 10.1. The van der Waals surface area contributed by atoms with Gasteiger partial charge in [0.15, 0.2) is 11.5 Å². The van der Waals surface area contributed by atoms with E-state index in [9.17, 15) is 4.79 Å². The maximum absolute atomic E-state index is 12.5. The van der Waals surface area contributed by atoms with Crippen LogP contribution in [0, 0.1) is 0 Å². The number of amides is 1. The van der Waals surface area contributed by atoms with Gasteiger partial charge in [-0.2, -0.15) is 0 Å². The number of thiophene rings is 1. The Morgan fingerprint density at radius 2 is 2.07 bits per heavy atom. The zero-order valence-electron chi connectivity index (χ0n) is 14.8. The second-order valence-electron chi connectivity index (χ2n) is 6.23. The summed E-state index contributed by atoms with van der Waals surface area (Å²) in [6.45, 7) is 3.00. The molecular formula is C19H16BrClN2O3S2. The second kappa shape index (κ2) is 8.41. The van der Waals surface area contributed by atoms with E-state index in [4.69, 9.17) is 21.1 Å². The van der Waals surface area contributed by atoms with Crippen molar-refractivity contribution in [3.63, 3.8) is 0 Å². The van der Waals surface area contributed by atoms with Gasteiger partial charge in [-0.3, -0.25) is 4.79 Å². The van der Waals surface area contributed by atoms with E-state index in [1.165, 1.54) is 22.7 Å². The summed E-state index contributed by atoms with van der Waals surface area (Å²) >= 11 is 12.5. The quantitative estimate of drug-likeness (QED) is 0.505. The number of benzene rings is 1. The van der Waals surface area contributed by atoms with Crippen molar-refractivity contribution < 1.29 is 14.3 Å². The van der Waals surface area contributed by atoms with Gasteiger partial charge in [-0.25, -0.2) is 4.98 Å². The Morgan fingerprint density at radius 3 is 2.79 bits per heavy atom. The minimum absolute atomic E-state index is 0.0876. The molecule has 28 heavy (non-hydrogen) atoms. The molecule has 4 rings (SSSR count). The van der Waals surface area contributed by atoms with Gasteiger partial charge in [-0.05, 0) is 36.8 Å². The van der Waals surface area contributed by atoms with Gasteiger partial charge in [0.2, 0.25) is 5.91 Å². The molecule has 9 heteroatoms. The van der Waals surface area contributed by atoms with Crippen molar-refractivity contribution in [2.75, 3.05) is 13.2 Å². The lowest BCUT2D eigenvalue weighted by molar-refractivity contribution is -0.121. The highest BCUT2D eigenvalue weighted by atomic mass is 79.9. The predicted molar refractivity (Wildman–Crippen MR) is 116 cm³/mol. The molecule has 0 bridgehead atoms. The van der Waals surface area contributed by atoms with Crippen molar-refractivity contribution in [1.82, 2.24) is 10.3 Å². The minimum Gasteiger partial charge on any atom is -0.486 e. The fourth-order valence-electron chi connectivity index (χ4n) is 2.88. The number of rotatable bonds is 5. The van der Waals surface area contributed by atoms with E-state index < -0.39 is 0 Å². The zero-order valence-corrected chi connectivity index (χ0v) is 18.8. The summed E-state index contributed by atoms with van der Waals surface area (Å²) in [6, 6.07) is 7.39. The third-order valence-electron chi connectivity index (χ3n) is 4.18. The van der Waals surface area contributed by atoms with Crippen LogP contribution in [-0.2, 0) is 11.2 Å². The molecule has 1 atom stereocenters. The number of nitrogens with one attached hydrogen (secondary N) is 1. The topological polar surface area (TPSA) is 60.5 Å². The lowest BCUT2D eigenvalue weighted by Gasteiger charge is -2.22. The van der Waals surface area contributed by atoms with E-state index in [0.717, 1.165) is 30.0 Å². The van der Waals surface area contributed by atoms with Crippen LogP contribution in [0.3, 0.4) is 0 Å². The average molecular weight is 500 g/mol. The number of carbonyl (C=O) groups excluding carboxylic acids is 1. The van der Waals surface area contributed by atoms with Crippen LogP contribution in [-0.4, -0.2) is 24.1 Å². The van der Waals surface area contributed by atoms with Crippen molar-refractivity contribution in [3.8, 4) is 21.4 Å². The van der Waals surface area contributed by atoms with Crippen LogP contribution in [0.25, 0.3) is 9.88 Å². The normalized spacial score (nSPS) is 14.0. The van der Waals surface area contributed by atoms with E-state index in [1.54, 1.807) is 0 Å². The summed E-state index contributed by atoms with van der Waals surface area (Å²) in [7, 11) is 0. The Bertz CT molecular complexity index is 1020. The third kappa shape index (κ3) is 4.35. The molecule has 1 aliphatic heterocycles. The average Bonchev–Trinajstić information content (AvgIpc) is 3.29. The molecule has 3 aromatic rings. The Balaban J connectivity index is 1.42. The van der Waals surface area contributed by atoms with Gasteiger partial charge in [0.1, 0.15) is 18.2 Å². The van der Waals surface area contributed by atoms with Crippen LogP contribution < -0.4 is 14.8 Å². The van der Waals surface area contributed by atoms with Gasteiger partial charge in [0.05, 0.1) is 27.4 Å². The number of ether oxygens (including phenoxy) is 2. The first-order chi connectivity index (χ1) is 13.5. The maximum Gasteiger partial charge on any atom is 0.226 e. The van der Waals surface area contributed by atoms with Crippen molar-refractivity contribution in [1.29, 1.82) is 0 Å². The van der Waals surface area contributed by atoms with E-state index in [1.807, 2.05) is 36.6 Å². The highest BCUT2D eigenvalue weighted by Crippen LogP contribution is 2.38. The SMILES string of the molecule is CC(NC(=O)Cc1csc(-c2ccc(Cl)s2)n1)c1cc2c(cc1Br)OCCO2. The van der Waals surface area contributed by atoms with Gasteiger partial charge in [0, 0.05) is 9.85 Å². The van der Waals surface area contributed by atoms with Crippen LogP contribution in [0.1, 0.15) is 24.2 Å². The minimum atomic E-state index is -0.188. The lowest BCUT2D eigenvalue weighted by Crippen LogP contribution is -2.28. The van der Waals surface area contributed by atoms with E-state index in [0.29, 0.717) is 24.7 Å². The molecule has 0 spiro atoms. The molecule has 0 aliphatic carbocycles. The monoisotopic (exact) mass is 498 g/mol. The fourth-order valence-corrected chi connectivity index (χ4v) is 5.48. The largest absolute Gasteiger partial charge is 0.486 e. The molecule has 0 saturated carbocycles. The number of thiazole rings is 1. The standard InChI is InChI=1S/C19H16BrClN2O3S2/c1-10(12-7-14-15(8-13(12)20)26-5-4-25-14)22-18(24)6-11-9-27-19(23-11)16-2-3-17(21)28-16/h2-3,7-10H,4-6H2,1H3,(H,22,24). The number of hydrogen-bond donors (Lipinski definition) is 1. The van der Waals surface area contributed by atoms with Crippen molar-refractivity contribution in [3.05, 3.63) is 49.7 Å². The van der Waals surface area contributed by atoms with Crippen LogP contribution in [0.4, 0.5) is 0 Å². The number of nitrogens with zero attached hydrogens (tertiary/aromatic N) is 1.